The van der Waals surface area contributed by atoms with Crippen molar-refractivity contribution in [3.63, 3.8) is 0 Å². The number of nitrogens with one attached hydrogen (secondary N) is 1. The molecule has 6 nitrogen and oxygen atoms in total. The van der Waals surface area contributed by atoms with E-state index in [1.165, 1.54) is 0 Å². The molecule has 156 valence electrons. The van der Waals surface area contributed by atoms with Crippen molar-refractivity contribution in [2.75, 3.05) is 26.1 Å². The molecule has 8 heteroatoms. The first kappa shape index (κ1) is 20.4. The second kappa shape index (κ2) is 8.50. The normalized spacial score (nSPS) is 15.5. The number of methoxy groups -OCH3 is 2. The van der Waals surface area contributed by atoms with Gasteiger partial charge >= 0.3 is 6.03 Å². The van der Waals surface area contributed by atoms with Gasteiger partial charge < -0.3 is 24.3 Å². The average molecular weight is 446 g/mol. The molecule has 1 unspecified atom stereocenters. The fourth-order valence-corrected chi connectivity index (χ4v) is 4.04. The van der Waals surface area contributed by atoms with Crippen LogP contribution in [0.2, 0.25) is 10.0 Å². The highest BCUT2D eigenvalue weighted by atomic mass is 35.5. The zero-order valence-electron chi connectivity index (χ0n) is 16.6. The molecule has 1 aliphatic heterocycles. The Kier molecular flexibility index (Phi) is 5.79. The van der Waals surface area contributed by atoms with Crippen molar-refractivity contribution in [1.29, 1.82) is 0 Å². The van der Waals surface area contributed by atoms with E-state index in [1.807, 2.05) is 36.5 Å². The number of hydrogen-bond acceptors (Lipinski definition) is 3. The SMILES string of the molecule is COc1ccc(C2c3cccn3CCN2C(=O)Nc2ccc(Cl)c(Cl)c2)cc1OC. The van der Waals surface area contributed by atoms with Gasteiger partial charge in [0.2, 0.25) is 0 Å². The molecule has 4 rings (SSSR count). The van der Waals surface area contributed by atoms with Crippen molar-refractivity contribution >= 4 is 34.9 Å². The molecule has 0 saturated carbocycles. The zero-order chi connectivity index (χ0) is 21.3. The Hall–Kier alpha value is -2.83. The van der Waals surface area contributed by atoms with E-state index in [4.69, 9.17) is 32.7 Å². The van der Waals surface area contributed by atoms with Crippen LogP contribution in [-0.2, 0) is 6.54 Å². The van der Waals surface area contributed by atoms with E-state index in [2.05, 4.69) is 9.88 Å². The standard InChI is InChI=1S/C22H21Cl2N3O3/c1-29-19-8-5-14(12-20(19)30-2)21-18-4-3-9-26(18)10-11-27(21)22(28)25-15-6-7-16(23)17(24)13-15/h3-9,12-13,21H,10-11H2,1-2H3,(H,25,28). The van der Waals surface area contributed by atoms with Crippen LogP contribution >= 0.6 is 23.2 Å². The predicted octanol–water partition coefficient (Wildman–Crippen LogP) is 5.45. The fourth-order valence-electron chi connectivity index (χ4n) is 3.74. The van der Waals surface area contributed by atoms with E-state index in [0.717, 1.165) is 11.3 Å². The summed E-state index contributed by atoms with van der Waals surface area (Å²) < 4.78 is 13.0. The summed E-state index contributed by atoms with van der Waals surface area (Å²) in [6.45, 7) is 1.26. The summed E-state index contributed by atoms with van der Waals surface area (Å²) in [7, 11) is 3.19. The molecule has 0 radical (unpaired) electrons. The number of aromatic nitrogens is 1. The molecule has 2 amide bonds. The third-order valence-electron chi connectivity index (χ3n) is 5.19. The van der Waals surface area contributed by atoms with E-state index in [1.54, 1.807) is 37.3 Å². The van der Waals surface area contributed by atoms with Crippen LogP contribution in [0, 0.1) is 0 Å². The minimum absolute atomic E-state index is 0.222. The topological polar surface area (TPSA) is 55.7 Å². The van der Waals surface area contributed by atoms with Gasteiger partial charge in [-0.3, -0.25) is 0 Å². The van der Waals surface area contributed by atoms with Crippen LogP contribution in [0.4, 0.5) is 10.5 Å². The van der Waals surface area contributed by atoms with Crippen LogP contribution in [0.3, 0.4) is 0 Å². The molecular formula is C22H21Cl2N3O3. The van der Waals surface area contributed by atoms with Gasteiger partial charge in [-0.05, 0) is 48.0 Å². The number of carbonyl (C=O) groups is 1. The number of fused-ring (bicyclic) bond motifs is 1. The molecule has 2 aromatic carbocycles. The summed E-state index contributed by atoms with van der Waals surface area (Å²) in [4.78, 5) is 15.0. The molecule has 1 aromatic heterocycles. The third kappa shape index (κ3) is 3.80. The van der Waals surface area contributed by atoms with Crippen LogP contribution in [0.5, 0.6) is 11.5 Å². The maximum absolute atomic E-state index is 13.2. The van der Waals surface area contributed by atoms with Gasteiger partial charge in [-0.15, -0.1) is 0 Å². The van der Waals surface area contributed by atoms with Crippen molar-refractivity contribution in [2.45, 2.75) is 12.6 Å². The number of nitrogens with zero attached hydrogens (tertiary/aromatic N) is 2. The van der Waals surface area contributed by atoms with E-state index in [-0.39, 0.29) is 12.1 Å². The minimum atomic E-state index is -0.281. The Labute approximate surface area is 184 Å². The van der Waals surface area contributed by atoms with Crippen LogP contribution < -0.4 is 14.8 Å². The molecule has 0 bridgehead atoms. The number of anilines is 1. The first-order chi connectivity index (χ1) is 14.5. The molecule has 0 fully saturated rings. The second-order valence-electron chi connectivity index (χ2n) is 6.90. The summed E-state index contributed by atoms with van der Waals surface area (Å²) in [6, 6.07) is 14.3. The second-order valence-corrected chi connectivity index (χ2v) is 7.71. The summed E-state index contributed by atoms with van der Waals surface area (Å²) in [5.74, 6) is 1.25. The monoisotopic (exact) mass is 445 g/mol. The lowest BCUT2D eigenvalue weighted by Gasteiger charge is -2.37. The van der Waals surface area contributed by atoms with Gasteiger partial charge in [0.1, 0.15) is 0 Å². The molecule has 1 aliphatic rings. The van der Waals surface area contributed by atoms with Gasteiger partial charge in [0.25, 0.3) is 0 Å². The van der Waals surface area contributed by atoms with Gasteiger partial charge in [0, 0.05) is 30.7 Å². The van der Waals surface area contributed by atoms with Gasteiger partial charge in [0.05, 0.1) is 30.3 Å². The maximum Gasteiger partial charge on any atom is 0.322 e. The largest absolute Gasteiger partial charge is 0.493 e. The van der Waals surface area contributed by atoms with Crippen LogP contribution in [0.25, 0.3) is 0 Å². The van der Waals surface area contributed by atoms with Crippen LogP contribution in [0.1, 0.15) is 17.3 Å². The summed E-state index contributed by atoms with van der Waals surface area (Å²) >= 11 is 12.1. The van der Waals surface area contributed by atoms with Gasteiger partial charge in [0.15, 0.2) is 11.5 Å². The predicted molar refractivity (Wildman–Crippen MR) is 118 cm³/mol. The first-order valence-electron chi connectivity index (χ1n) is 9.41. The summed E-state index contributed by atoms with van der Waals surface area (Å²) in [5, 5.41) is 3.76. The number of urea groups is 1. The Bertz CT molecular complexity index is 1080. The smallest absolute Gasteiger partial charge is 0.322 e. The lowest BCUT2D eigenvalue weighted by molar-refractivity contribution is 0.181. The molecule has 0 saturated heterocycles. The Balaban J connectivity index is 1.69. The van der Waals surface area contributed by atoms with Crippen molar-refractivity contribution in [3.05, 3.63) is 76.0 Å². The highest BCUT2D eigenvalue weighted by Gasteiger charge is 2.33. The lowest BCUT2D eigenvalue weighted by atomic mass is 9.99. The van der Waals surface area contributed by atoms with Gasteiger partial charge in [-0.25, -0.2) is 4.79 Å². The molecule has 1 N–H and O–H groups in total. The Morgan fingerprint density at radius 3 is 2.53 bits per heavy atom. The number of carbonyl (C=O) groups excluding carboxylic acids is 1. The highest BCUT2D eigenvalue weighted by molar-refractivity contribution is 6.42. The quantitative estimate of drug-likeness (QED) is 0.580. The summed E-state index contributed by atoms with van der Waals surface area (Å²) in [5.41, 5.74) is 2.54. The molecular weight excluding hydrogens is 425 g/mol. The number of rotatable bonds is 4. The van der Waals surface area contributed by atoms with Crippen LogP contribution in [-0.4, -0.2) is 36.3 Å². The van der Waals surface area contributed by atoms with Crippen molar-refractivity contribution in [3.8, 4) is 11.5 Å². The van der Waals surface area contributed by atoms with E-state index < -0.39 is 0 Å². The fraction of sp³-hybridized carbons (Fsp3) is 0.227. The van der Waals surface area contributed by atoms with E-state index >= 15 is 0 Å². The Morgan fingerprint density at radius 2 is 1.80 bits per heavy atom. The molecule has 1 atom stereocenters. The van der Waals surface area contributed by atoms with E-state index in [0.29, 0.717) is 40.3 Å². The molecule has 0 aliphatic carbocycles. The van der Waals surface area contributed by atoms with Gasteiger partial charge in [-0.1, -0.05) is 29.3 Å². The van der Waals surface area contributed by atoms with Gasteiger partial charge in [-0.2, -0.15) is 0 Å². The molecule has 30 heavy (non-hydrogen) atoms. The number of benzene rings is 2. The minimum Gasteiger partial charge on any atom is -0.493 e. The number of ether oxygens (including phenoxy) is 2. The Morgan fingerprint density at radius 1 is 1.00 bits per heavy atom. The van der Waals surface area contributed by atoms with Crippen molar-refractivity contribution < 1.29 is 14.3 Å². The van der Waals surface area contributed by atoms with Crippen molar-refractivity contribution in [2.24, 2.45) is 0 Å². The third-order valence-corrected chi connectivity index (χ3v) is 5.93. The molecule has 3 aromatic rings. The van der Waals surface area contributed by atoms with Crippen molar-refractivity contribution in [1.82, 2.24) is 9.47 Å². The lowest BCUT2D eigenvalue weighted by Crippen LogP contribution is -2.44. The van der Waals surface area contributed by atoms with E-state index in [9.17, 15) is 4.79 Å². The summed E-state index contributed by atoms with van der Waals surface area (Å²) in [6.07, 6.45) is 2.03. The number of hydrogen-bond donors (Lipinski definition) is 1. The first-order valence-corrected chi connectivity index (χ1v) is 10.2. The molecule has 0 spiro atoms. The van der Waals surface area contributed by atoms with Crippen LogP contribution in [0.15, 0.2) is 54.7 Å². The molecule has 2 heterocycles. The maximum atomic E-state index is 13.2. The average Bonchev–Trinajstić information content (AvgIpc) is 3.24. The number of halogens is 2. The zero-order valence-corrected chi connectivity index (χ0v) is 18.1. The number of amides is 2. The highest BCUT2D eigenvalue weighted by Crippen LogP contribution is 2.37.